The molecule has 0 aromatic heterocycles. The molecule has 4 aliphatic heterocycles. The zero-order chi connectivity index (χ0) is 30.9. The second-order valence-corrected chi connectivity index (χ2v) is 13.9. The van der Waals surface area contributed by atoms with Crippen molar-refractivity contribution in [3.63, 3.8) is 0 Å². The number of methoxy groups -OCH3 is 1. The molecule has 4 fully saturated rings. The Morgan fingerprint density at radius 2 is 1.53 bits per heavy atom. The smallest absolute Gasteiger partial charge is 0.453 e. The number of hydrogen-bond donors (Lipinski definition) is 1. The normalized spacial score (nSPS) is 27.9. The number of likely N-dealkylation sites (tertiary alicyclic amines) is 1. The molecule has 0 radical (unpaired) electrons. The largest absolute Gasteiger partial charge is 0.460 e. The average Bonchev–Trinajstić information content (AvgIpc) is 3.12. The summed E-state index contributed by atoms with van der Waals surface area (Å²) in [6.45, 7) is 1.47. The van der Waals surface area contributed by atoms with Crippen LogP contribution in [0.4, 0.5) is 23.7 Å². The lowest BCUT2D eigenvalue weighted by Gasteiger charge is -2.40. The molecule has 0 spiro atoms. The zero-order valence-electron chi connectivity index (χ0n) is 24.2. The molecule has 4 aliphatic rings. The molecule has 4 unspecified atom stereocenters. The number of carbonyl (C=O) groups is 2. The van der Waals surface area contributed by atoms with Crippen molar-refractivity contribution in [2.24, 2.45) is 17.8 Å². The van der Waals surface area contributed by atoms with Gasteiger partial charge in [0.2, 0.25) is 15.9 Å². The lowest BCUT2D eigenvalue weighted by molar-refractivity contribution is -0.735. The number of hydrogen-bond acceptors (Lipinski definition) is 6. The van der Waals surface area contributed by atoms with Crippen molar-refractivity contribution in [1.82, 2.24) is 14.2 Å². The summed E-state index contributed by atoms with van der Waals surface area (Å²) in [5.41, 5.74) is 0.389. The number of sulfonamides is 1. The van der Waals surface area contributed by atoms with E-state index in [1.54, 1.807) is 0 Å². The van der Waals surface area contributed by atoms with E-state index < -0.39 is 46.2 Å². The zero-order valence-corrected chi connectivity index (χ0v) is 25.0. The Kier molecular flexibility index (Phi) is 9.21. The van der Waals surface area contributed by atoms with E-state index in [-0.39, 0.29) is 41.2 Å². The van der Waals surface area contributed by atoms with E-state index in [2.05, 4.69) is 10.1 Å². The molecule has 0 bridgehead atoms. The molecule has 1 aromatic carbocycles. The van der Waals surface area contributed by atoms with Crippen LogP contribution in [-0.4, -0.2) is 97.6 Å². The van der Waals surface area contributed by atoms with Crippen LogP contribution in [0, 0.1) is 22.7 Å². The van der Waals surface area contributed by atoms with Crippen molar-refractivity contribution in [2.75, 3.05) is 45.2 Å². The van der Waals surface area contributed by atoms with Gasteiger partial charge >= 0.3 is 18.3 Å². The third-order valence-corrected chi connectivity index (χ3v) is 11.4. The Labute approximate surface area is 249 Å². The number of anilines is 1. The first-order valence-electron chi connectivity index (χ1n) is 15.0. The number of carbonyl (C=O) groups excluding carboxylic acids is 2. The first-order chi connectivity index (χ1) is 20.4. The first-order valence-corrected chi connectivity index (χ1v) is 16.4. The van der Waals surface area contributed by atoms with Crippen molar-refractivity contribution in [2.45, 2.75) is 74.5 Å². The molecule has 5 rings (SSSR count). The fourth-order valence-electron chi connectivity index (χ4n) is 7.27. The van der Waals surface area contributed by atoms with E-state index in [1.807, 2.05) is 0 Å². The molecule has 2 amide bonds. The number of nitrogens with one attached hydrogen (secondary N) is 1. The Hall–Kier alpha value is -2.94. The topological polar surface area (TPSA) is 119 Å². The first kappa shape index (κ1) is 31.5. The van der Waals surface area contributed by atoms with Crippen LogP contribution in [0.3, 0.4) is 0 Å². The number of nitroso groups, excluding NO2 is 1. The molecule has 15 heteroatoms. The summed E-state index contributed by atoms with van der Waals surface area (Å²) in [5, 5.41) is 3.69. The number of ether oxygens (including phenoxy) is 1. The number of rotatable bonds is 5. The number of amides is 2. The van der Waals surface area contributed by atoms with Gasteiger partial charge in [0.05, 0.1) is 23.5 Å². The maximum absolute atomic E-state index is 14.2. The van der Waals surface area contributed by atoms with Gasteiger partial charge in [0, 0.05) is 31.9 Å². The van der Waals surface area contributed by atoms with Gasteiger partial charge in [-0.3, -0.25) is 10.1 Å². The maximum Gasteiger partial charge on any atom is 0.460 e. The van der Waals surface area contributed by atoms with E-state index >= 15 is 0 Å². The summed E-state index contributed by atoms with van der Waals surface area (Å²) < 4.78 is 75.2. The lowest BCUT2D eigenvalue weighted by atomic mass is 9.74. The van der Waals surface area contributed by atoms with Gasteiger partial charge in [-0.05, 0) is 74.6 Å². The number of benzene rings is 1. The van der Waals surface area contributed by atoms with Crippen LogP contribution in [0.5, 0.6) is 0 Å². The van der Waals surface area contributed by atoms with Gasteiger partial charge in [-0.15, -0.1) is 5.01 Å². The molecule has 4 atom stereocenters. The molecule has 4 heterocycles. The quantitative estimate of drug-likeness (QED) is 0.489. The van der Waals surface area contributed by atoms with Crippen LogP contribution in [0.15, 0.2) is 29.2 Å². The predicted octanol–water partition coefficient (Wildman–Crippen LogP) is 4.00. The molecule has 43 heavy (non-hydrogen) atoms. The second-order valence-electron chi connectivity index (χ2n) is 12.0. The molecule has 4 saturated heterocycles. The fraction of sp³-hybridized carbons (Fsp3) is 0.714. The Balaban J connectivity index is 1.26. The van der Waals surface area contributed by atoms with Crippen molar-refractivity contribution < 1.29 is 40.8 Å². The van der Waals surface area contributed by atoms with Gasteiger partial charge in [-0.1, -0.05) is 12.8 Å². The standard InChI is InChI=1S/C28H38F3N5O6S/c1-42-27(38)32-21-6-8-22(9-7-21)43(40,41)34-15-10-19(11-16-34)20-12-17-35-23(18-20)24(25(36(35)39)28(29,30)31)26(37)33-13-4-2-3-5-14-33/h6-9,19-20,23-25H,2-5,10-18H2,1H3/p+1. The van der Waals surface area contributed by atoms with Crippen LogP contribution in [-0.2, 0) is 19.6 Å². The molecule has 0 aliphatic carbocycles. The van der Waals surface area contributed by atoms with Crippen LogP contribution < -0.4 is 5.32 Å². The number of halogens is 3. The van der Waals surface area contributed by atoms with Crippen LogP contribution in [0.25, 0.3) is 0 Å². The summed E-state index contributed by atoms with van der Waals surface area (Å²) in [4.78, 5) is 39.6. The summed E-state index contributed by atoms with van der Waals surface area (Å²) in [6, 6.07) is 2.54. The molecule has 11 nitrogen and oxygen atoms in total. The minimum Gasteiger partial charge on any atom is -0.453 e. The minimum atomic E-state index is -4.84. The van der Waals surface area contributed by atoms with Gasteiger partial charge in [0.1, 0.15) is 16.8 Å². The van der Waals surface area contributed by atoms with Gasteiger partial charge in [0.15, 0.2) is 0 Å². The van der Waals surface area contributed by atoms with Crippen molar-refractivity contribution in [3.05, 3.63) is 29.2 Å². The highest BCUT2D eigenvalue weighted by Gasteiger charge is 2.71. The van der Waals surface area contributed by atoms with E-state index in [0.29, 0.717) is 44.5 Å². The summed E-state index contributed by atoms with van der Waals surface area (Å²) in [5.74, 6) is -2.00. The Morgan fingerprint density at radius 1 is 0.930 bits per heavy atom. The van der Waals surface area contributed by atoms with Crippen LogP contribution in [0.2, 0.25) is 0 Å². The SMILES string of the molecule is COC(=O)Nc1ccc(S(=O)(=O)N2CCC(C3CCN4C(C3)C(C(=O)N3CCCCCC3)C(C(F)(F)F)[N+]4=O)CC2)cc1. The van der Waals surface area contributed by atoms with Crippen LogP contribution in [0.1, 0.15) is 51.4 Å². The highest BCUT2D eigenvalue weighted by Crippen LogP contribution is 2.46. The number of fused-ring (bicyclic) bond motifs is 1. The average molecular weight is 631 g/mol. The van der Waals surface area contributed by atoms with Crippen LogP contribution >= 0.6 is 0 Å². The molecule has 0 saturated carbocycles. The van der Waals surface area contributed by atoms with E-state index in [1.165, 1.54) is 45.6 Å². The van der Waals surface area contributed by atoms with Gasteiger partial charge in [-0.2, -0.15) is 17.5 Å². The lowest BCUT2D eigenvalue weighted by Crippen LogP contribution is -2.50. The predicted molar refractivity (Wildman–Crippen MR) is 149 cm³/mol. The van der Waals surface area contributed by atoms with E-state index in [0.717, 1.165) is 25.7 Å². The minimum absolute atomic E-state index is 0.0163. The Morgan fingerprint density at radius 3 is 2.12 bits per heavy atom. The van der Waals surface area contributed by atoms with Gasteiger partial charge < -0.3 is 9.64 Å². The highest BCUT2D eigenvalue weighted by molar-refractivity contribution is 7.89. The Bertz CT molecular complexity index is 1290. The van der Waals surface area contributed by atoms with Crippen molar-refractivity contribution in [1.29, 1.82) is 0 Å². The fourth-order valence-corrected chi connectivity index (χ4v) is 8.74. The molecule has 1 aromatic rings. The number of nitrogens with zero attached hydrogens (tertiary/aromatic N) is 4. The summed E-state index contributed by atoms with van der Waals surface area (Å²) in [7, 11) is -2.57. The van der Waals surface area contributed by atoms with Gasteiger partial charge in [0.25, 0.3) is 0 Å². The second kappa shape index (κ2) is 12.6. The third-order valence-electron chi connectivity index (χ3n) is 9.53. The summed E-state index contributed by atoms with van der Waals surface area (Å²) >= 11 is 0. The van der Waals surface area contributed by atoms with E-state index in [4.69, 9.17) is 0 Å². The molecular formula is C28H39F3N5O6S+. The number of alkyl halides is 3. The molecule has 238 valence electrons. The molecular weight excluding hydrogens is 591 g/mol. The highest BCUT2D eigenvalue weighted by atomic mass is 32.2. The van der Waals surface area contributed by atoms with Crippen molar-refractivity contribution >= 4 is 27.7 Å². The maximum atomic E-state index is 14.2. The monoisotopic (exact) mass is 630 g/mol. The number of piperidine rings is 2. The third kappa shape index (κ3) is 6.47. The summed E-state index contributed by atoms with van der Waals surface area (Å²) in [6.07, 6.45) is -0.307. The molecule has 1 N–H and O–H groups in total. The van der Waals surface area contributed by atoms with E-state index in [9.17, 15) is 36.1 Å². The number of hydrazine groups is 1. The van der Waals surface area contributed by atoms with Crippen molar-refractivity contribution in [3.8, 4) is 0 Å². The van der Waals surface area contributed by atoms with Gasteiger partial charge in [-0.25, -0.2) is 13.2 Å².